The minimum Gasteiger partial charge on any atom is -0.480 e. The van der Waals surface area contributed by atoms with Crippen LogP contribution in [0.3, 0.4) is 0 Å². The molecule has 3 amide bonds. The van der Waals surface area contributed by atoms with E-state index in [-0.39, 0.29) is 12.6 Å². The van der Waals surface area contributed by atoms with Crippen LogP contribution in [0.2, 0.25) is 0 Å². The number of carboxylic acid groups (broad SMARTS) is 1. The van der Waals surface area contributed by atoms with E-state index in [0.29, 0.717) is 5.92 Å². The first-order valence-corrected chi connectivity index (χ1v) is 6.84. The number of hydrogen-bond acceptors (Lipinski definition) is 3. The summed E-state index contributed by atoms with van der Waals surface area (Å²) in [7, 11) is 1.66. The summed E-state index contributed by atoms with van der Waals surface area (Å²) in [5, 5.41) is 8.83. The molecule has 1 rings (SSSR count). The Hall–Kier alpha value is -1.79. The van der Waals surface area contributed by atoms with E-state index in [1.165, 1.54) is 0 Å². The van der Waals surface area contributed by atoms with Crippen LogP contribution in [0, 0.1) is 5.92 Å². The summed E-state index contributed by atoms with van der Waals surface area (Å²) in [5.74, 6) is -1.51. The van der Waals surface area contributed by atoms with Gasteiger partial charge in [-0.3, -0.25) is 9.59 Å². The summed E-state index contributed by atoms with van der Waals surface area (Å²) < 4.78 is 0. The van der Waals surface area contributed by atoms with Crippen molar-refractivity contribution in [3.05, 3.63) is 0 Å². The van der Waals surface area contributed by atoms with Crippen molar-refractivity contribution in [2.75, 3.05) is 20.1 Å². The van der Waals surface area contributed by atoms with Gasteiger partial charge >= 0.3 is 12.0 Å². The van der Waals surface area contributed by atoms with E-state index in [9.17, 15) is 14.4 Å². The molecule has 0 aliphatic heterocycles. The van der Waals surface area contributed by atoms with Crippen LogP contribution in [-0.4, -0.2) is 59.0 Å². The second-order valence-electron chi connectivity index (χ2n) is 5.44. The first kappa shape index (κ1) is 16.3. The van der Waals surface area contributed by atoms with E-state index in [1.807, 2.05) is 0 Å². The molecule has 0 radical (unpaired) electrons. The maximum absolute atomic E-state index is 12.3. The highest BCUT2D eigenvalue weighted by Crippen LogP contribution is 2.27. The lowest BCUT2D eigenvalue weighted by molar-refractivity contribution is -0.138. The van der Waals surface area contributed by atoms with Crippen molar-refractivity contribution in [1.82, 2.24) is 9.80 Å². The van der Waals surface area contributed by atoms with Crippen LogP contribution >= 0.6 is 0 Å². The number of urea groups is 1. The quantitative estimate of drug-likeness (QED) is 0.767. The maximum atomic E-state index is 12.3. The number of hydrogen-bond donors (Lipinski definition) is 2. The van der Waals surface area contributed by atoms with E-state index < -0.39 is 24.5 Å². The van der Waals surface area contributed by atoms with E-state index in [1.54, 1.807) is 11.9 Å². The van der Waals surface area contributed by atoms with Gasteiger partial charge in [-0.05, 0) is 18.8 Å². The molecule has 0 aromatic rings. The Labute approximate surface area is 118 Å². The zero-order chi connectivity index (χ0) is 15.3. The molecule has 2 unspecified atom stereocenters. The highest BCUT2D eigenvalue weighted by Gasteiger charge is 2.31. The van der Waals surface area contributed by atoms with Crippen LogP contribution in [0.5, 0.6) is 0 Å². The van der Waals surface area contributed by atoms with Gasteiger partial charge in [0.25, 0.3) is 0 Å². The van der Waals surface area contributed by atoms with Crippen molar-refractivity contribution in [1.29, 1.82) is 0 Å². The molecule has 0 saturated heterocycles. The molecule has 114 valence electrons. The lowest BCUT2D eigenvalue weighted by atomic mass is 9.85. The van der Waals surface area contributed by atoms with Crippen molar-refractivity contribution < 1.29 is 19.5 Å². The lowest BCUT2D eigenvalue weighted by Crippen LogP contribution is -2.52. The normalized spacial score (nSPS) is 22.1. The molecule has 1 aliphatic carbocycles. The van der Waals surface area contributed by atoms with Gasteiger partial charge in [-0.25, -0.2) is 4.79 Å². The summed E-state index contributed by atoms with van der Waals surface area (Å²) in [4.78, 5) is 36.6. The van der Waals surface area contributed by atoms with Gasteiger partial charge in [-0.1, -0.05) is 19.8 Å². The minimum absolute atomic E-state index is 0.0837. The predicted octanol–water partition coefficient (Wildman–Crippen LogP) is 0.489. The molecule has 0 aromatic heterocycles. The molecule has 0 spiro atoms. The SMILES string of the molecule is CC1CCCCC1N(C)C(=O)N(CC(N)=O)CC(=O)O. The molecule has 7 heteroatoms. The van der Waals surface area contributed by atoms with Crippen LogP contribution < -0.4 is 5.73 Å². The molecule has 3 N–H and O–H groups in total. The van der Waals surface area contributed by atoms with Gasteiger partial charge < -0.3 is 20.6 Å². The lowest BCUT2D eigenvalue weighted by Gasteiger charge is -2.38. The Balaban J connectivity index is 2.75. The molecule has 1 saturated carbocycles. The average Bonchev–Trinajstić information content (AvgIpc) is 2.35. The Morgan fingerprint density at radius 1 is 1.20 bits per heavy atom. The highest BCUT2D eigenvalue weighted by molar-refractivity contribution is 5.86. The molecule has 2 atom stereocenters. The molecule has 7 nitrogen and oxygen atoms in total. The van der Waals surface area contributed by atoms with Gasteiger partial charge in [0, 0.05) is 13.1 Å². The second-order valence-corrected chi connectivity index (χ2v) is 5.44. The number of amides is 3. The fourth-order valence-electron chi connectivity index (χ4n) is 2.78. The molecule has 0 bridgehead atoms. The standard InChI is InChI=1S/C13H23N3O4/c1-9-5-3-4-6-10(9)15(2)13(20)16(7-11(14)17)8-12(18)19/h9-10H,3-8H2,1-2H3,(H2,14,17)(H,18,19). The Morgan fingerprint density at radius 2 is 1.80 bits per heavy atom. The van der Waals surface area contributed by atoms with Crippen molar-refractivity contribution in [2.45, 2.75) is 38.6 Å². The topological polar surface area (TPSA) is 104 Å². The van der Waals surface area contributed by atoms with Crippen LogP contribution in [0.1, 0.15) is 32.6 Å². The minimum atomic E-state index is -1.16. The van der Waals surface area contributed by atoms with Crippen LogP contribution in [0.25, 0.3) is 0 Å². The Bertz CT molecular complexity index is 370. The number of carbonyl (C=O) groups excluding carboxylic acids is 2. The van der Waals surface area contributed by atoms with E-state index in [2.05, 4.69) is 6.92 Å². The summed E-state index contributed by atoms with van der Waals surface area (Å²) in [5.41, 5.74) is 5.07. The predicted molar refractivity (Wildman–Crippen MR) is 73.0 cm³/mol. The third-order valence-corrected chi connectivity index (χ3v) is 3.81. The average molecular weight is 285 g/mol. The molecule has 20 heavy (non-hydrogen) atoms. The largest absolute Gasteiger partial charge is 0.480 e. The zero-order valence-corrected chi connectivity index (χ0v) is 12.0. The third kappa shape index (κ3) is 4.40. The van der Waals surface area contributed by atoms with Crippen molar-refractivity contribution in [3.63, 3.8) is 0 Å². The van der Waals surface area contributed by atoms with Gasteiger partial charge in [0.1, 0.15) is 13.1 Å². The monoisotopic (exact) mass is 285 g/mol. The zero-order valence-electron chi connectivity index (χ0n) is 12.0. The number of nitrogens with zero attached hydrogens (tertiary/aromatic N) is 2. The molecule has 1 fully saturated rings. The van der Waals surface area contributed by atoms with Gasteiger partial charge in [-0.15, -0.1) is 0 Å². The highest BCUT2D eigenvalue weighted by atomic mass is 16.4. The summed E-state index contributed by atoms with van der Waals surface area (Å²) in [6, 6.07) is -0.370. The third-order valence-electron chi connectivity index (χ3n) is 3.81. The fourth-order valence-corrected chi connectivity index (χ4v) is 2.78. The number of nitrogens with two attached hydrogens (primary N) is 1. The molecular weight excluding hydrogens is 262 g/mol. The fraction of sp³-hybridized carbons (Fsp3) is 0.769. The Morgan fingerprint density at radius 3 is 2.30 bits per heavy atom. The van der Waals surface area contributed by atoms with Crippen LogP contribution in [0.4, 0.5) is 4.79 Å². The van der Waals surface area contributed by atoms with Crippen molar-refractivity contribution in [2.24, 2.45) is 11.7 Å². The van der Waals surface area contributed by atoms with Crippen LogP contribution in [-0.2, 0) is 9.59 Å². The molecular formula is C13H23N3O4. The smallest absolute Gasteiger partial charge is 0.323 e. The number of rotatable bonds is 5. The van der Waals surface area contributed by atoms with Crippen LogP contribution in [0.15, 0.2) is 0 Å². The number of primary amides is 1. The Kier molecular flexibility index (Phi) is 5.79. The molecule has 1 aliphatic rings. The van der Waals surface area contributed by atoms with E-state index >= 15 is 0 Å². The maximum Gasteiger partial charge on any atom is 0.323 e. The van der Waals surface area contributed by atoms with Crippen molar-refractivity contribution >= 4 is 17.9 Å². The van der Waals surface area contributed by atoms with Gasteiger partial charge in [0.05, 0.1) is 0 Å². The molecule has 0 aromatic carbocycles. The van der Waals surface area contributed by atoms with E-state index in [0.717, 1.165) is 30.6 Å². The molecule has 0 heterocycles. The summed E-state index contributed by atoms with van der Waals surface area (Å²) >= 11 is 0. The number of aliphatic carboxylic acids is 1. The van der Waals surface area contributed by atoms with Gasteiger partial charge in [0.15, 0.2) is 0 Å². The van der Waals surface area contributed by atoms with Gasteiger partial charge in [-0.2, -0.15) is 0 Å². The number of carbonyl (C=O) groups is 3. The number of carboxylic acids is 1. The second kappa shape index (κ2) is 7.12. The first-order chi connectivity index (χ1) is 9.32. The summed E-state index contributed by atoms with van der Waals surface area (Å²) in [6.07, 6.45) is 4.17. The van der Waals surface area contributed by atoms with Crippen molar-refractivity contribution in [3.8, 4) is 0 Å². The first-order valence-electron chi connectivity index (χ1n) is 6.84. The summed E-state index contributed by atoms with van der Waals surface area (Å²) in [6.45, 7) is 1.19. The van der Waals surface area contributed by atoms with E-state index in [4.69, 9.17) is 10.8 Å². The van der Waals surface area contributed by atoms with Gasteiger partial charge in [0.2, 0.25) is 5.91 Å².